The van der Waals surface area contributed by atoms with Crippen molar-refractivity contribution in [2.45, 2.75) is 38.0 Å². The third-order valence-corrected chi connectivity index (χ3v) is 2.86. The number of halogens is 1. The standard InChI is InChI=1S/C12H16FNO/c13-10-4-1-3-9(7-10)8-15-12-6-2-5-11(12)14/h1,3-4,7,11-12H,2,5-6,8,14H2/t11-,12-/m0/s1. The average Bonchev–Trinajstić information content (AvgIpc) is 2.61. The molecule has 2 rings (SSSR count). The minimum atomic E-state index is -0.216. The molecule has 1 aromatic rings. The molecule has 0 aliphatic heterocycles. The number of ether oxygens (including phenoxy) is 1. The Labute approximate surface area is 89.2 Å². The van der Waals surface area contributed by atoms with E-state index >= 15 is 0 Å². The summed E-state index contributed by atoms with van der Waals surface area (Å²) in [5.74, 6) is -0.216. The van der Waals surface area contributed by atoms with Crippen molar-refractivity contribution >= 4 is 0 Å². The van der Waals surface area contributed by atoms with E-state index in [1.807, 2.05) is 6.07 Å². The third-order valence-electron chi connectivity index (χ3n) is 2.86. The predicted octanol–water partition coefficient (Wildman–Crippen LogP) is 2.22. The van der Waals surface area contributed by atoms with Crippen LogP contribution in [-0.4, -0.2) is 12.1 Å². The molecule has 1 saturated carbocycles. The van der Waals surface area contributed by atoms with Crippen LogP contribution in [-0.2, 0) is 11.3 Å². The van der Waals surface area contributed by atoms with Gasteiger partial charge in [-0.05, 0) is 37.0 Å². The molecule has 0 radical (unpaired) electrons. The Morgan fingerprint density at radius 1 is 1.40 bits per heavy atom. The van der Waals surface area contributed by atoms with Crippen LogP contribution in [0.15, 0.2) is 24.3 Å². The van der Waals surface area contributed by atoms with E-state index in [-0.39, 0.29) is 18.0 Å². The van der Waals surface area contributed by atoms with E-state index in [1.165, 1.54) is 12.1 Å². The molecule has 1 aliphatic carbocycles. The first-order valence-electron chi connectivity index (χ1n) is 5.37. The van der Waals surface area contributed by atoms with Gasteiger partial charge in [-0.3, -0.25) is 0 Å². The largest absolute Gasteiger partial charge is 0.372 e. The highest BCUT2D eigenvalue weighted by molar-refractivity contribution is 5.15. The number of nitrogens with two attached hydrogens (primary N) is 1. The average molecular weight is 209 g/mol. The van der Waals surface area contributed by atoms with Crippen molar-refractivity contribution in [3.8, 4) is 0 Å². The number of hydrogen-bond acceptors (Lipinski definition) is 2. The highest BCUT2D eigenvalue weighted by Gasteiger charge is 2.24. The molecule has 2 nitrogen and oxygen atoms in total. The Morgan fingerprint density at radius 2 is 2.27 bits per heavy atom. The molecule has 15 heavy (non-hydrogen) atoms. The van der Waals surface area contributed by atoms with Gasteiger partial charge in [0.05, 0.1) is 12.7 Å². The van der Waals surface area contributed by atoms with Crippen LogP contribution in [0.4, 0.5) is 4.39 Å². The Bertz CT molecular complexity index is 329. The zero-order valence-corrected chi connectivity index (χ0v) is 8.66. The molecule has 0 saturated heterocycles. The maximum atomic E-state index is 12.9. The minimum Gasteiger partial charge on any atom is -0.372 e. The van der Waals surface area contributed by atoms with Crippen molar-refractivity contribution in [2.75, 3.05) is 0 Å². The van der Waals surface area contributed by atoms with Crippen LogP contribution in [0.1, 0.15) is 24.8 Å². The summed E-state index contributed by atoms with van der Waals surface area (Å²) >= 11 is 0. The third kappa shape index (κ3) is 2.76. The molecule has 2 atom stereocenters. The summed E-state index contributed by atoms with van der Waals surface area (Å²) < 4.78 is 18.5. The van der Waals surface area contributed by atoms with Gasteiger partial charge < -0.3 is 10.5 Å². The van der Waals surface area contributed by atoms with Gasteiger partial charge in [-0.25, -0.2) is 4.39 Å². The van der Waals surface area contributed by atoms with Gasteiger partial charge in [-0.15, -0.1) is 0 Å². The molecular weight excluding hydrogens is 193 g/mol. The lowest BCUT2D eigenvalue weighted by Crippen LogP contribution is -2.31. The fourth-order valence-corrected chi connectivity index (χ4v) is 1.99. The summed E-state index contributed by atoms with van der Waals surface area (Å²) in [7, 11) is 0. The van der Waals surface area contributed by atoms with Crippen LogP contribution in [0.25, 0.3) is 0 Å². The zero-order valence-electron chi connectivity index (χ0n) is 8.66. The molecular formula is C12H16FNO. The number of benzene rings is 1. The fourth-order valence-electron chi connectivity index (χ4n) is 1.99. The monoisotopic (exact) mass is 209 g/mol. The van der Waals surface area contributed by atoms with E-state index in [0.29, 0.717) is 6.61 Å². The first-order chi connectivity index (χ1) is 7.25. The normalized spacial score (nSPS) is 25.7. The van der Waals surface area contributed by atoms with Crippen LogP contribution >= 0.6 is 0 Å². The molecule has 0 bridgehead atoms. The van der Waals surface area contributed by atoms with Crippen LogP contribution < -0.4 is 5.73 Å². The van der Waals surface area contributed by atoms with E-state index in [0.717, 1.165) is 24.8 Å². The van der Waals surface area contributed by atoms with E-state index < -0.39 is 0 Å². The van der Waals surface area contributed by atoms with Crippen molar-refractivity contribution in [3.05, 3.63) is 35.6 Å². The quantitative estimate of drug-likeness (QED) is 0.828. The van der Waals surface area contributed by atoms with Crippen LogP contribution in [0.2, 0.25) is 0 Å². The van der Waals surface area contributed by atoms with Gasteiger partial charge in [-0.2, -0.15) is 0 Å². The second-order valence-corrected chi connectivity index (χ2v) is 4.07. The van der Waals surface area contributed by atoms with Crippen molar-refractivity contribution in [1.29, 1.82) is 0 Å². The minimum absolute atomic E-state index is 0.147. The molecule has 0 heterocycles. The van der Waals surface area contributed by atoms with Gasteiger partial charge in [0.2, 0.25) is 0 Å². The molecule has 1 aromatic carbocycles. The maximum Gasteiger partial charge on any atom is 0.123 e. The fraction of sp³-hybridized carbons (Fsp3) is 0.500. The Kier molecular flexibility index (Phi) is 3.34. The topological polar surface area (TPSA) is 35.2 Å². The van der Waals surface area contributed by atoms with Gasteiger partial charge in [0, 0.05) is 6.04 Å². The molecule has 2 N–H and O–H groups in total. The van der Waals surface area contributed by atoms with Crippen molar-refractivity contribution in [1.82, 2.24) is 0 Å². The lowest BCUT2D eigenvalue weighted by molar-refractivity contribution is 0.0356. The molecule has 0 unspecified atom stereocenters. The smallest absolute Gasteiger partial charge is 0.123 e. The summed E-state index contributed by atoms with van der Waals surface area (Å²) in [6, 6.07) is 6.65. The lowest BCUT2D eigenvalue weighted by atomic mass is 10.2. The summed E-state index contributed by atoms with van der Waals surface area (Å²) in [5, 5.41) is 0. The predicted molar refractivity (Wildman–Crippen MR) is 56.8 cm³/mol. The lowest BCUT2D eigenvalue weighted by Gasteiger charge is -2.16. The van der Waals surface area contributed by atoms with E-state index in [4.69, 9.17) is 10.5 Å². The van der Waals surface area contributed by atoms with Gasteiger partial charge in [-0.1, -0.05) is 12.1 Å². The second kappa shape index (κ2) is 4.73. The molecule has 1 aliphatic rings. The highest BCUT2D eigenvalue weighted by Crippen LogP contribution is 2.21. The van der Waals surface area contributed by atoms with Gasteiger partial charge in [0.25, 0.3) is 0 Å². The van der Waals surface area contributed by atoms with Crippen LogP contribution in [0.5, 0.6) is 0 Å². The highest BCUT2D eigenvalue weighted by atomic mass is 19.1. The zero-order chi connectivity index (χ0) is 10.7. The van der Waals surface area contributed by atoms with Gasteiger partial charge in [0.1, 0.15) is 5.82 Å². The van der Waals surface area contributed by atoms with E-state index in [9.17, 15) is 4.39 Å². The van der Waals surface area contributed by atoms with E-state index in [1.54, 1.807) is 6.07 Å². The van der Waals surface area contributed by atoms with Crippen molar-refractivity contribution in [3.63, 3.8) is 0 Å². The maximum absolute atomic E-state index is 12.9. The summed E-state index contributed by atoms with van der Waals surface area (Å²) in [6.45, 7) is 0.454. The Balaban J connectivity index is 1.87. The first-order valence-corrected chi connectivity index (χ1v) is 5.37. The number of rotatable bonds is 3. The Morgan fingerprint density at radius 3 is 2.93 bits per heavy atom. The van der Waals surface area contributed by atoms with Crippen molar-refractivity contribution < 1.29 is 9.13 Å². The summed E-state index contributed by atoms with van der Waals surface area (Å²) in [5.41, 5.74) is 6.74. The van der Waals surface area contributed by atoms with Crippen LogP contribution in [0.3, 0.4) is 0 Å². The summed E-state index contributed by atoms with van der Waals surface area (Å²) in [6.07, 6.45) is 3.34. The second-order valence-electron chi connectivity index (χ2n) is 4.07. The van der Waals surface area contributed by atoms with Gasteiger partial charge in [0.15, 0.2) is 0 Å². The van der Waals surface area contributed by atoms with E-state index in [2.05, 4.69) is 0 Å². The summed E-state index contributed by atoms with van der Waals surface area (Å²) in [4.78, 5) is 0. The molecule has 0 spiro atoms. The number of hydrogen-bond donors (Lipinski definition) is 1. The molecule has 0 aromatic heterocycles. The van der Waals surface area contributed by atoms with Crippen LogP contribution in [0, 0.1) is 5.82 Å². The first kappa shape index (κ1) is 10.6. The molecule has 0 amide bonds. The molecule has 1 fully saturated rings. The molecule has 3 heteroatoms. The van der Waals surface area contributed by atoms with Gasteiger partial charge >= 0.3 is 0 Å². The molecule has 82 valence electrons. The Hall–Kier alpha value is -0.930. The SMILES string of the molecule is N[C@H]1CCC[C@@H]1OCc1cccc(F)c1. The van der Waals surface area contributed by atoms with Crippen molar-refractivity contribution in [2.24, 2.45) is 5.73 Å².